The number of nitrogens with one attached hydrogen (secondary N) is 1. The lowest BCUT2D eigenvalue weighted by Gasteiger charge is -2.16. The summed E-state index contributed by atoms with van der Waals surface area (Å²) in [5, 5.41) is 3.50. The summed E-state index contributed by atoms with van der Waals surface area (Å²) in [6.07, 6.45) is 3.11. The van der Waals surface area contributed by atoms with Gasteiger partial charge < -0.3 is 5.32 Å². The Balaban J connectivity index is 2.44. The summed E-state index contributed by atoms with van der Waals surface area (Å²) in [6.45, 7) is 6.58. The Labute approximate surface area is 78.0 Å². The van der Waals surface area contributed by atoms with Gasteiger partial charge in [-0.05, 0) is 20.3 Å². The van der Waals surface area contributed by atoms with Crippen molar-refractivity contribution < 1.29 is 0 Å². The van der Waals surface area contributed by atoms with E-state index in [4.69, 9.17) is 0 Å². The van der Waals surface area contributed by atoms with Crippen LogP contribution in [0, 0.1) is 0 Å². The minimum Gasteiger partial charge on any atom is -0.307 e. The highest BCUT2D eigenvalue weighted by Crippen LogP contribution is 2.16. The van der Waals surface area contributed by atoms with Gasteiger partial charge in [-0.1, -0.05) is 6.92 Å². The van der Waals surface area contributed by atoms with Crippen LogP contribution in [0.1, 0.15) is 38.1 Å². The first kappa shape index (κ1) is 9.68. The smallest absolute Gasteiger partial charge is 0.0794 e. The van der Waals surface area contributed by atoms with Gasteiger partial charge in [-0.25, -0.2) is 0 Å². The third kappa shape index (κ3) is 2.57. The molecule has 0 saturated carbocycles. The molecule has 2 nitrogen and oxygen atoms in total. The third-order valence-electron chi connectivity index (χ3n) is 2.03. The molecule has 0 bridgehead atoms. The Bertz CT molecular complexity index is 208. The molecule has 2 atom stereocenters. The Hall–Kier alpha value is -0.410. The molecule has 0 saturated heterocycles. The minimum absolute atomic E-state index is 0.437. The lowest BCUT2D eigenvalue weighted by atomic mass is 10.2. The maximum atomic E-state index is 4.05. The van der Waals surface area contributed by atoms with Crippen molar-refractivity contribution in [1.82, 2.24) is 10.3 Å². The van der Waals surface area contributed by atoms with E-state index in [0.29, 0.717) is 12.1 Å². The van der Waals surface area contributed by atoms with E-state index in [9.17, 15) is 0 Å². The van der Waals surface area contributed by atoms with E-state index in [-0.39, 0.29) is 0 Å². The minimum atomic E-state index is 0.437. The molecule has 0 spiro atoms. The zero-order chi connectivity index (χ0) is 8.97. The van der Waals surface area contributed by atoms with Crippen molar-refractivity contribution in [2.45, 2.75) is 39.3 Å². The molecule has 0 aromatic carbocycles. The number of hydrogen-bond donors (Lipinski definition) is 1. The van der Waals surface area contributed by atoms with E-state index in [2.05, 4.69) is 31.1 Å². The van der Waals surface area contributed by atoms with Crippen molar-refractivity contribution in [3.05, 3.63) is 16.6 Å². The van der Waals surface area contributed by atoms with Crippen LogP contribution in [0.15, 0.2) is 11.7 Å². The molecular weight excluding hydrogens is 168 g/mol. The zero-order valence-corrected chi connectivity index (χ0v) is 8.69. The Kier molecular flexibility index (Phi) is 3.69. The van der Waals surface area contributed by atoms with E-state index < -0.39 is 0 Å². The van der Waals surface area contributed by atoms with Crippen molar-refractivity contribution in [3.8, 4) is 0 Å². The predicted molar refractivity (Wildman–Crippen MR) is 53.4 cm³/mol. The van der Waals surface area contributed by atoms with Crippen LogP contribution < -0.4 is 5.32 Å². The largest absolute Gasteiger partial charge is 0.307 e. The van der Waals surface area contributed by atoms with Crippen molar-refractivity contribution in [2.24, 2.45) is 0 Å². The van der Waals surface area contributed by atoms with Gasteiger partial charge in [0, 0.05) is 23.2 Å². The molecule has 0 radical (unpaired) electrons. The molecule has 2 unspecified atom stereocenters. The molecule has 1 aromatic heterocycles. The summed E-state index contributed by atoms with van der Waals surface area (Å²) in [7, 11) is 0. The second-order valence-corrected chi connectivity index (χ2v) is 4.02. The van der Waals surface area contributed by atoms with Crippen LogP contribution >= 0.6 is 11.3 Å². The molecule has 0 amide bonds. The van der Waals surface area contributed by atoms with Crippen LogP contribution in [0.25, 0.3) is 0 Å². The maximum absolute atomic E-state index is 4.05. The molecule has 1 aromatic rings. The summed E-state index contributed by atoms with van der Waals surface area (Å²) in [5.41, 5.74) is 1.88. The third-order valence-corrected chi connectivity index (χ3v) is 2.98. The molecule has 0 aliphatic carbocycles. The fourth-order valence-corrected chi connectivity index (χ4v) is 1.70. The normalized spacial score (nSPS) is 15.9. The fourth-order valence-electron chi connectivity index (χ4n) is 1.07. The Morgan fingerprint density at radius 1 is 1.58 bits per heavy atom. The molecule has 3 heteroatoms. The molecule has 0 aliphatic heterocycles. The summed E-state index contributed by atoms with van der Waals surface area (Å²) in [5.74, 6) is 0. The second-order valence-electron chi connectivity index (χ2n) is 3.10. The quantitative estimate of drug-likeness (QED) is 0.778. The predicted octanol–water partition coefficient (Wildman–Crippen LogP) is 2.59. The van der Waals surface area contributed by atoms with E-state index in [1.165, 1.54) is 11.3 Å². The lowest BCUT2D eigenvalue weighted by Crippen LogP contribution is -2.27. The first-order chi connectivity index (χ1) is 5.74. The second kappa shape index (κ2) is 4.58. The summed E-state index contributed by atoms with van der Waals surface area (Å²) < 4.78 is 0. The van der Waals surface area contributed by atoms with Gasteiger partial charge in [0.2, 0.25) is 0 Å². The molecule has 68 valence electrons. The molecule has 0 aliphatic rings. The van der Waals surface area contributed by atoms with Crippen LogP contribution in [-0.2, 0) is 0 Å². The van der Waals surface area contributed by atoms with Gasteiger partial charge in [-0.3, -0.25) is 4.98 Å². The van der Waals surface area contributed by atoms with Gasteiger partial charge in [-0.15, -0.1) is 11.3 Å². The SMILES string of the molecule is CCC(C)NC(C)c1cncs1. The summed E-state index contributed by atoms with van der Waals surface area (Å²) in [6, 6.07) is 1.02. The first-order valence-corrected chi connectivity index (χ1v) is 5.26. The van der Waals surface area contributed by atoms with Gasteiger partial charge in [0.1, 0.15) is 0 Å². The van der Waals surface area contributed by atoms with Gasteiger partial charge in [0.15, 0.2) is 0 Å². The van der Waals surface area contributed by atoms with Crippen LogP contribution in [0.2, 0.25) is 0 Å². The fraction of sp³-hybridized carbons (Fsp3) is 0.667. The highest BCUT2D eigenvalue weighted by atomic mass is 32.1. The molecular formula is C9H16N2S. The standard InChI is InChI=1S/C9H16N2S/c1-4-7(2)11-8(3)9-5-10-6-12-9/h5-8,11H,4H2,1-3H3. The summed E-state index contributed by atoms with van der Waals surface area (Å²) in [4.78, 5) is 5.37. The number of thiazole rings is 1. The molecule has 1 rings (SSSR count). The topological polar surface area (TPSA) is 24.9 Å². The van der Waals surface area contributed by atoms with E-state index in [1.54, 1.807) is 11.3 Å². The van der Waals surface area contributed by atoms with Crippen LogP contribution in [0.4, 0.5) is 0 Å². The molecule has 1 heterocycles. The van der Waals surface area contributed by atoms with Crippen LogP contribution in [0.5, 0.6) is 0 Å². The monoisotopic (exact) mass is 184 g/mol. The van der Waals surface area contributed by atoms with Crippen LogP contribution in [0.3, 0.4) is 0 Å². The number of rotatable bonds is 4. The zero-order valence-electron chi connectivity index (χ0n) is 7.87. The Morgan fingerprint density at radius 3 is 2.83 bits per heavy atom. The number of hydrogen-bond acceptors (Lipinski definition) is 3. The lowest BCUT2D eigenvalue weighted by molar-refractivity contribution is 0.473. The Morgan fingerprint density at radius 2 is 2.33 bits per heavy atom. The molecule has 0 fully saturated rings. The van der Waals surface area contributed by atoms with Gasteiger partial charge in [0.25, 0.3) is 0 Å². The van der Waals surface area contributed by atoms with Gasteiger partial charge in [0.05, 0.1) is 5.51 Å². The number of aromatic nitrogens is 1. The summed E-state index contributed by atoms with van der Waals surface area (Å²) >= 11 is 1.71. The maximum Gasteiger partial charge on any atom is 0.0794 e. The van der Waals surface area contributed by atoms with Crippen molar-refractivity contribution >= 4 is 11.3 Å². The van der Waals surface area contributed by atoms with Crippen molar-refractivity contribution in [3.63, 3.8) is 0 Å². The highest BCUT2D eigenvalue weighted by Gasteiger charge is 2.08. The number of nitrogens with zero attached hydrogens (tertiary/aromatic N) is 1. The molecule has 12 heavy (non-hydrogen) atoms. The van der Waals surface area contributed by atoms with Crippen LogP contribution in [-0.4, -0.2) is 11.0 Å². The first-order valence-electron chi connectivity index (χ1n) is 4.38. The van der Waals surface area contributed by atoms with E-state index >= 15 is 0 Å². The molecule has 1 N–H and O–H groups in total. The average molecular weight is 184 g/mol. The van der Waals surface area contributed by atoms with E-state index in [1.807, 2.05) is 11.7 Å². The van der Waals surface area contributed by atoms with E-state index in [0.717, 1.165) is 0 Å². The highest BCUT2D eigenvalue weighted by molar-refractivity contribution is 7.09. The average Bonchev–Trinajstić information content (AvgIpc) is 2.56. The van der Waals surface area contributed by atoms with Crippen molar-refractivity contribution in [2.75, 3.05) is 0 Å². The van der Waals surface area contributed by atoms with Gasteiger partial charge >= 0.3 is 0 Å². The van der Waals surface area contributed by atoms with Gasteiger partial charge in [-0.2, -0.15) is 0 Å². The van der Waals surface area contributed by atoms with Crippen molar-refractivity contribution in [1.29, 1.82) is 0 Å².